The first-order valence-electron chi connectivity index (χ1n) is 6.70. The van der Waals surface area contributed by atoms with Gasteiger partial charge in [-0.3, -0.25) is 9.59 Å². The molecule has 0 unspecified atom stereocenters. The zero-order chi connectivity index (χ0) is 17.0. The topological polar surface area (TPSA) is 137 Å². The summed E-state index contributed by atoms with van der Waals surface area (Å²) in [4.78, 5) is 35.1. The van der Waals surface area contributed by atoms with Crippen molar-refractivity contribution < 1.29 is 9.59 Å². The highest BCUT2D eigenvalue weighted by Crippen LogP contribution is 2.22. The van der Waals surface area contributed by atoms with Crippen LogP contribution in [0.3, 0.4) is 0 Å². The molecule has 2 aromatic rings. The Bertz CT molecular complexity index is 732. The number of hydrogen-bond acceptors (Lipinski definition) is 8. The number of nitrogens with two attached hydrogens (primary N) is 2. The minimum Gasteiger partial charge on any atom is -0.368 e. The maximum Gasteiger partial charge on any atom is 0.237 e. The summed E-state index contributed by atoms with van der Waals surface area (Å²) < 4.78 is 0. The van der Waals surface area contributed by atoms with Crippen molar-refractivity contribution >= 4 is 41.0 Å². The van der Waals surface area contributed by atoms with E-state index < -0.39 is 5.25 Å². The minimum absolute atomic E-state index is 0.00164. The minimum atomic E-state index is -0.489. The molecule has 1 atom stereocenters. The molecule has 1 heterocycles. The number of Topliss-reactive ketones (excluding diaryl/α,β-unsaturated/α-hetero) is 1. The fraction of sp³-hybridized carbons (Fsp3) is 0.214. The smallest absolute Gasteiger partial charge is 0.237 e. The number of anilines is 3. The van der Waals surface area contributed by atoms with Crippen molar-refractivity contribution in [1.29, 1.82) is 0 Å². The molecule has 23 heavy (non-hydrogen) atoms. The van der Waals surface area contributed by atoms with E-state index >= 15 is 0 Å². The molecule has 9 heteroatoms. The van der Waals surface area contributed by atoms with Crippen LogP contribution in [-0.4, -0.2) is 31.9 Å². The molecule has 120 valence electrons. The molecule has 0 aliphatic carbocycles. The summed E-state index contributed by atoms with van der Waals surface area (Å²) in [6.45, 7) is 3.17. The summed E-state index contributed by atoms with van der Waals surface area (Å²) in [5.41, 5.74) is 12.1. The van der Waals surface area contributed by atoms with Crippen LogP contribution in [0.2, 0.25) is 0 Å². The molecule has 1 aromatic heterocycles. The fourth-order valence-electron chi connectivity index (χ4n) is 1.71. The Morgan fingerprint density at radius 3 is 2.43 bits per heavy atom. The summed E-state index contributed by atoms with van der Waals surface area (Å²) in [5.74, 6) is -0.323. The average Bonchev–Trinajstić information content (AvgIpc) is 2.46. The number of rotatable bonds is 5. The summed E-state index contributed by atoms with van der Waals surface area (Å²) in [6.07, 6.45) is 0. The van der Waals surface area contributed by atoms with Gasteiger partial charge in [0.1, 0.15) is 0 Å². The fourth-order valence-corrected chi connectivity index (χ4v) is 2.49. The lowest BCUT2D eigenvalue weighted by Crippen LogP contribution is -2.23. The summed E-state index contributed by atoms with van der Waals surface area (Å²) >= 11 is 1.11. The quantitative estimate of drug-likeness (QED) is 0.551. The standard InChI is InChI=1S/C14H16N6O2S/c1-7(21)9-4-3-5-10(6-9)17-11(22)8(2)23-14-19-12(15)18-13(16)20-14/h3-6,8H,1-2H3,(H,17,22)(H4,15,16,18,19,20)/t8-/m1/s1. The first kappa shape index (κ1) is 16.7. The number of benzene rings is 1. The van der Waals surface area contributed by atoms with E-state index in [4.69, 9.17) is 11.5 Å². The van der Waals surface area contributed by atoms with E-state index in [9.17, 15) is 9.59 Å². The molecule has 5 N–H and O–H groups in total. The van der Waals surface area contributed by atoms with Crippen molar-refractivity contribution in [1.82, 2.24) is 15.0 Å². The number of nitrogens with one attached hydrogen (secondary N) is 1. The van der Waals surface area contributed by atoms with Gasteiger partial charge in [-0.05, 0) is 26.0 Å². The van der Waals surface area contributed by atoms with E-state index in [1.54, 1.807) is 31.2 Å². The lowest BCUT2D eigenvalue weighted by atomic mass is 10.1. The number of amides is 1. The highest BCUT2D eigenvalue weighted by Gasteiger charge is 2.17. The van der Waals surface area contributed by atoms with E-state index in [-0.39, 0.29) is 28.7 Å². The molecule has 0 aliphatic rings. The number of hydrogen-bond donors (Lipinski definition) is 3. The van der Waals surface area contributed by atoms with Crippen LogP contribution in [0.5, 0.6) is 0 Å². The van der Waals surface area contributed by atoms with Gasteiger partial charge < -0.3 is 16.8 Å². The molecule has 0 saturated heterocycles. The summed E-state index contributed by atoms with van der Waals surface area (Å²) in [5, 5.41) is 2.53. The lowest BCUT2D eigenvalue weighted by molar-refractivity contribution is -0.115. The molecule has 0 radical (unpaired) electrons. The molecule has 2 rings (SSSR count). The van der Waals surface area contributed by atoms with Crippen molar-refractivity contribution in [3.05, 3.63) is 29.8 Å². The van der Waals surface area contributed by atoms with Crippen molar-refractivity contribution in [2.45, 2.75) is 24.3 Å². The Kier molecular flexibility index (Phi) is 5.12. The van der Waals surface area contributed by atoms with Crippen LogP contribution in [-0.2, 0) is 4.79 Å². The molecule has 0 spiro atoms. The number of thioether (sulfide) groups is 1. The molecule has 0 fully saturated rings. The Hall–Kier alpha value is -2.68. The zero-order valence-corrected chi connectivity index (χ0v) is 13.4. The average molecular weight is 332 g/mol. The van der Waals surface area contributed by atoms with E-state index in [1.165, 1.54) is 6.92 Å². The predicted octanol–water partition coefficient (Wildman–Crippen LogP) is 1.36. The molecular formula is C14H16N6O2S. The SMILES string of the molecule is CC(=O)c1cccc(NC(=O)[C@@H](C)Sc2nc(N)nc(N)n2)c1. The summed E-state index contributed by atoms with van der Waals surface area (Å²) in [6, 6.07) is 6.72. The van der Waals surface area contributed by atoms with Gasteiger partial charge in [0.05, 0.1) is 5.25 Å². The normalized spacial score (nSPS) is 11.7. The molecule has 8 nitrogen and oxygen atoms in total. The van der Waals surface area contributed by atoms with Gasteiger partial charge in [-0.1, -0.05) is 23.9 Å². The number of carbonyl (C=O) groups excluding carboxylic acids is 2. The lowest BCUT2D eigenvalue weighted by Gasteiger charge is -2.11. The van der Waals surface area contributed by atoms with E-state index in [2.05, 4.69) is 20.3 Å². The molecule has 1 aromatic carbocycles. The first-order valence-corrected chi connectivity index (χ1v) is 7.58. The van der Waals surface area contributed by atoms with Crippen LogP contribution in [0, 0.1) is 0 Å². The number of nitrogens with zero attached hydrogens (tertiary/aromatic N) is 3. The maximum absolute atomic E-state index is 12.2. The number of nitrogen functional groups attached to an aromatic ring is 2. The second-order valence-corrected chi connectivity index (χ2v) is 6.03. The third-order valence-corrected chi connectivity index (χ3v) is 3.80. The largest absolute Gasteiger partial charge is 0.368 e. The van der Waals surface area contributed by atoms with Crippen molar-refractivity contribution in [3.8, 4) is 0 Å². The molecule has 0 bridgehead atoms. The number of carbonyl (C=O) groups is 2. The van der Waals surface area contributed by atoms with E-state index in [0.29, 0.717) is 11.3 Å². The third-order valence-electron chi connectivity index (χ3n) is 2.84. The Balaban J connectivity index is 2.05. The van der Waals surface area contributed by atoms with E-state index in [0.717, 1.165) is 11.8 Å². The van der Waals surface area contributed by atoms with Crippen molar-refractivity contribution in [2.75, 3.05) is 16.8 Å². The third kappa shape index (κ3) is 4.65. The van der Waals surface area contributed by atoms with Crippen LogP contribution < -0.4 is 16.8 Å². The zero-order valence-electron chi connectivity index (χ0n) is 12.6. The number of ketones is 1. The van der Waals surface area contributed by atoms with Crippen LogP contribution in [0.15, 0.2) is 29.4 Å². The van der Waals surface area contributed by atoms with Crippen LogP contribution in [0.1, 0.15) is 24.2 Å². The van der Waals surface area contributed by atoms with Crippen LogP contribution >= 0.6 is 11.8 Å². The van der Waals surface area contributed by atoms with Crippen molar-refractivity contribution in [3.63, 3.8) is 0 Å². The Morgan fingerprint density at radius 1 is 1.17 bits per heavy atom. The van der Waals surface area contributed by atoms with Crippen molar-refractivity contribution in [2.24, 2.45) is 0 Å². The van der Waals surface area contributed by atoms with Crippen LogP contribution in [0.4, 0.5) is 17.6 Å². The van der Waals surface area contributed by atoms with Gasteiger partial charge in [0.25, 0.3) is 0 Å². The Labute approximate surface area is 137 Å². The number of aromatic nitrogens is 3. The van der Waals surface area contributed by atoms with Gasteiger partial charge in [0.15, 0.2) is 10.9 Å². The predicted molar refractivity (Wildman–Crippen MR) is 89.0 cm³/mol. The second-order valence-electron chi connectivity index (χ2n) is 4.72. The molecule has 0 saturated carbocycles. The Morgan fingerprint density at radius 2 is 1.83 bits per heavy atom. The highest BCUT2D eigenvalue weighted by atomic mass is 32.2. The monoisotopic (exact) mass is 332 g/mol. The molecule has 1 amide bonds. The second kappa shape index (κ2) is 7.05. The van der Waals surface area contributed by atoms with Crippen LogP contribution in [0.25, 0.3) is 0 Å². The van der Waals surface area contributed by atoms with Gasteiger partial charge in [0.2, 0.25) is 17.8 Å². The van der Waals surface area contributed by atoms with Gasteiger partial charge >= 0.3 is 0 Å². The van der Waals surface area contributed by atoms with Gasteiger partial charge in [-0.25, -0.2) is 0 Å². The molecule has 0 aliphatic heterocycles. The summed E-state index contributed by atoms with van der Waals surface area (Å²) in [7, 11) is 0. The highest BCUT2D eigenvalue weighted by molar-refractivity contribution is 8.00. The van der Waals surface area contributed by atoms with Gasteiger partial charge in [-0.15, -0.1) is 0 Å². The maximum atomic E-state index is 12.2. The molecular weight excluding hydrogens is 316 g/mol. The first-order chi connectivity index (χ1) is 10.8. The van der Waals surface area contributed by atoms with Gasteiger partial charge in [0, 0.05) is 11.3 Å². The van der Waals surface area contributed by atoms with E-state index in [1.807, 2.05) is 0 Å². The van der Waals surface area contributed by atoms with Gasteiger partial charge in [-0.2, -0.15) is 15.0 Å².